The van der Waals surface area contributed by atoms with Gasteiger partial charge in [-0.2, -0.15) is 0 Å². The lowest BCUT2D eigenvalue weighted by molar-refractivity contribution is -0.140. The van der Waals surface area contributed by atoms with Crippen molar-refractivity contribution >= 4 is 29.0 Å². The zero-order chi connectivity index (χ0) is 15.0. The highest BCUT2D eigenvalue weighted by Gasteiger charge is 2.42. The first-order valence-corrected chi connectivity index (χ1v) is 6.67. The molecule has 2 N–H and O–H groups in total. The second kappa shape index (κ2) is 5.28. The van der Waals surface area contributed by atoms with Crippen molar-refractivity contribution in [2.45, 2.75) is 20.4 Å². The fourth-order valence-electron chi connectivity index (χ4n) is 2.27. The molecular weight excluding hydrogens is 279 g/mol. The van der Waals surface area contributed by atoms with E-state index < -0.39 is 5.82 Å². The van der Waals surface area contributed by atoms with Gasteiger partial charge >= 0.3 is 0 Å². The van der Waals surface area contributed by atoms with Crippen molar-refractivity contribution in [2.24, 2.45) is 17.6 Å². The number of halogens is 1. The number of hydrogen-bond acceptors (Lipinski definition) is 3. The molecule has 2 rings (SSSR count). The monoisotopic (exact) mass is 294 g/mol. The third kappa shape index (κ3) is 2.43. The highest BCUT2D eigenvalue weighted by atomic mass is 32.1. The summed E-state index contributed by atoms with van der Waals surface area (Å²) in [6.07, 6.45) is 0. The van der Waals surface area contributed by atoms with E-state index in [9.17, 15) is 14.0 Å². The molecule has 1 heterocycles. The number of benzene rings is 1. The molecule has 1 aromatic carbocycles. The molecule has 1 aliphatic heterocycles. The van der Waals surface area contributed by atoms with E-state index in [4.69, 9.17) is 18.0 Å². The van der Waals surface area contributed by atoms with Gasteiger partial charge in [0, 0.05) is 17.4 Å². The van der Waals surface area contributed by atoms with Gasteiger partial charge < -0.3 is 5.73 Å². The van der Waals surface area contributed by atoms with Gasteiger partial charge in [-0.1, -0.05) is 32.1 Å². The Morgan fingerprint density at radius 2 is 1.85 bits per heavy atom. The molecule has 0 spiro atoms. The van der Waals surface area contributed by atoms with Gasteiger partial charge in [0.2, 0.25) is 11.8 Å². The number of carbonyl (C=O) groups excluding carboxylic acids is 2. The summed E-state index contributed by atoms with van der Waals surface area (Å²) in [4.78, 5) is 25.3. The third-order valence-corrected chi connectivity index (χ3v) is 3.95. The van der Waals surface area contributed by atoms with Crippen LogP contribution in [0.4, 0.5) is 4.39 Å². The fraction of sp³-hybridized carbons (Fsp3) is 0.357. The van der Waals surface area contributed by atoms with E-state index in [-0.39, 0.29) is 35.2 Å². The van der Waals surface area contributed by atoms with E-state index in [0.717, 1.165) is 0 Å². The van der Waals surface area contributed by atoms with Crippen LogP contribution in [-0.2, 0) is 16.1 Å². The van der Waals surface area contributed by atoms with Crippen molar-refractivity contribution in [3.63, 3.8) is 0 Å². The number of likely N-dealkylation sites (tertiary alicyclic amines) is 1. The lowest BCUT2D eigenvalue weighted by atomic mass is 10.00. The smallest absolute Gasteiger partial charge is 0.233 e. The minimum Gasteiger partial charge on any atom is -0.389 e. The predicted octanol–water partition coefficient (Wildman–Crippen LogP) is 1.60. The summed E-state index contributed by atoms with van der Waals surface area (Å²) < 4.78 is 13.2. The molecule has 1 fully saturated rings. The standard InChI is InChI=1S/C14H15FN2O2S/c1-7-8(2)14(19)17(13(7)18)6-9-3-4-10(15)5-11(9)12(16)20/h3-5,7-8H,6H2,1-2H3,(H2,16,20). The number of carbonyl (C=O) groups is 2. The molecule has 1 aliphatic rings. The molecule has 0 radical (unpaired) electrons. The van der Waals surface area contributed by atoms with Crippen molar-refractivity contribution in [3.8, 4) is 0 Å². The molecule has 4 nitrogen and oxygen atoms in total. The van der Waals surface area contributed by atoms with E-state index in [0.29, 0.717) is 11.1 Å². The Bertz CT molecular complexity index is 583. The predicted molar refractivity (Wildman–Crippen MR) is 76.2 cm³/mol. The number of nitrogens with two attached hydrogens (primary N) is 1. The van der Waals surface area contributed by atoms with E-state index in [1.165, 1.54) is 23.1 Å². The molecular formula is C14H15FN2O2S. The van der Waals surface area contributed by atoms with E-state index in [2.05, 4.69) is 0 Å². The Labute approximate surface area is 121 Å². The first-order chi connectivity index (χ1) is 9.32. The van der Waals surface area contributed by atoms with E-state index >= 15 is 0 Å². The normalized spacial score (nSPS) is 22.4. The molecule has 1 aromatic rings. The number of amides is 2. The van der Waals surface area contributed by atoms with Crippen molar-refractivity contribution in [1.29, 1.82) is 0 Å². The van der Waals surface area contributed by atoms with Crippen LogP contribution < -0.4 is 5.73 Å². The largest absolute Gasteiger partial charge is 0.389 e. The highest BCUT2D eigenvalue weighted by molar-refractivity contribution is 7.80. The maximum Gasteiger partial charge on any atom is 0.233 e. The van der Waals surface area contributed by atoms with Gasteiger partial charge in [0.05, 0.1) is 6.54 Å². The second-order valence-corrected chi connectivity index (χ2v) is 5.45. The molecule has 0 bridgehead atoms. The van der Waals surface area contributed by atoms with Gasteiger partial charge in [-0.3, -0.25) is 14.5 Å². The summed E-state index contributed by atoms with van der Waals surface area (Å²) in [5.41, 5.74) is 6.48. The number of hydrogen-bond donors (Lipinski definition) is 1. The lowest BCUT2D eigenvalue weighted by Gasteiger charge is -2.17. The van der Waals surface area contributed by atoms with Gasteiger partial charge in [0.15, 0.2) is 0 Å². The Kier molecular flexibility index (Phi) is 3.85. The van der Waals surface area contributed by atoms with Crippen LogP contribution in [0.2, 0.25) is 0 Å². The van der Waals surface area contributed by atoms with Crippen molar-refractivity contribution in [2.75, 3.05) is 0 Å². The van der Waals surface area contributed by atoms with E-state index in [1.807, 2.05) is 0 Å². The summed E-state index contributed by atoms with van der Waals surface area (Å²) in [7, 11) is 0. The first-order valence-electron chi connectivity index (χ1n) is 6.26. The molecule has 106 valence electrons. The van der Waals surface area contributed by atoms with Crippen molar-refractivity contribution in [1.82, 2.24) is 4.90 Å². The van der Waals surface area contributed by atoms with E-state index in [1.54, 1.807) is 13.8 Å². The van der Waals surface area contributed by atoms with Crippen LogP contribution >= 0.6 is 12.2 Å². The van der Waals surface area contributed by atoms with Gasteiger partial charge in [0.25, 0.3) is 0 Å². The molecule has 2 amide bonds. The fourth-order valence-corrected chi connectivity index (χ4v) is 2.46. The first kappa shape index (κ1) is 14.6. The molecule has 2 unspecified atom stereocenters. The Morgan fingerprint density at radius 1 is 1.30 bits per heavy atom. The summed E-state index contributed by atoms with van der Waals surface area (Å²) >= 11 is 4.88. The maximum absolute atomic E-state index is 13.2. The van der Waals surface area contributed by atoms with Gasteiger partial charge in [-0.25, -0.2) is 4.39 Å². The summed E-state index contributed by atoms with van der Waals surface area (Å²) in [6.45, 7) is 3.52. The van der Waals surface area contributed by atoms with Crippen LogP contribution in [0, 0.1) is 17.7 Å². The summed E-state index contributed by atoms with van der Waals surface area (Å²) in [5.74, 6) is -1.58. The van der Waals surface area contributed by atoms with Crippen LogP contribution in [0.5, 0.6) is 0 Å². The minimum absolute atomic E-state index is 0.0414. The Morgan fingerprint density at radius 3 is 2.35 bits per heavy atom. The maximum atomic E-state index is 13.2. The lowest BCUT2D eigenvalue weighted by Crippen LogP contribution is -2.31. The van der Waals surface area contributed by atoms with Gasteiger partial charge in [0.1, 0.15) is 10.8 Å². The van der Waals surface area contributed by atoms with Crippen LogP contribution in [-0.4, -0.2) is 21.7 Å². The van der Waals surface area contributed by atoms with Crippen LogP contribution in [0.3, 0.4) is 0 Å². The SMILES string of the molecule is CC1C(=O)N(Cc2ccc(F)cc2C(N)=S)C(=O)C1C. The second-order valence-electron chi connectivity index (χ2n) is 5.01. The van der Waals surface area contributed by atoms with Gasteiger partial charge in [-0.15, -0.1) is 0 Å². The summed E-state index contributed by atoms with van der Waals surface area (Å²) in [6, 6.07) is 3.97. The van der Waals surface area contributed by atoms with Crippen LogP contribution in [0.1, 0.15) is 25.0 Å². The molecule has 20 heavy (non-hydrogen) atoms. The van der Waals surface area contributed by atoms with Crippen molar-refractivity contribution < 1.29 is 14.0 Å². The van der Waals surface area contributed by atoms with Crippen LogP contribution in [0.25, 0.3) is 0 Å². The zero-order valence-corrected chi connectivity index (χ0v) is 12.0. The van der Waals surface area contributed by atoms with Crippen LogP contribution in [0.15, 0.2) is 18.2 Å². The molecule has 0 aromatic heterocycles. The molecule has 1 saturated heterocycles. The average Bonchev–Trinajstić information content (AvgIpc) is 2.58. The molecule has 0 aliphatic carbocycles. The zero-order valence-electron chi connectivity index (χ0n) is 11.2. The minimum atomic E-state index is -0.461. The summed E-state index contributed by atoms with van der Waals surface area (Å²) in [5, 5.41) is 0. The van der Waals surface area contributed by atoms with Gasteiger partial charge in [-0.05, 0) is 17.7 Å². The third-order valence-electron chi connectivity index (χ3n) is 3.73. The Hall–Kier alpha value is -1.82. The number of rotatable bonds is 3. The molecule has 6 heteroatoms. The highest BCUT2D eigenvalue weighted by Crippen LogP contribution is 2.27. The number of nitrogens with zero attached hydrogens (tertiary/aromatic N) is 1. The molecule has 2 atom stereocenters. The quantitative estimate of drug-likeness (QED) is 0.679. The number of thiocarbonyl (C=S) groups is 1. The average molecular weight is 294 g/mol. The topological polar surface area (TPSA) is 63.4 Å². The molecule has 0 saturated carbocycles. The Balaban J connectivity index is 2.34. The van der Waals surface area contributed by atoms with Crippen molar-refractivity contribution in [3.05, 3.63) is 35.1 Å². The number of imide groups is 1.